The van der Waals surface area contributed by atoms with Crippen molar-refractivity contribution in [3.8, 4) is 0 Å². The van der Waals surface area contributed by atoms with Crippen molar-refractivity contribution in [2.24, 2.45) is 0 Å². The number of hydrogen-bond acceptors (Lipinski definition) is 2. The third-order valence-electron chi connectivity index (χ3n) is 1.71. The third kappa shape index (κ3) is 2.03. The van der Waals surface area contributed by atoms with Gasteiger partial charge in [0.1, 0.15) is 5.82 Å². The lowest BCUT2D eigenvalue weighted by Gasteiger charge is -2.01. The summed E-state index contributed by atoms with van der Waals surface area (Å²) >= 11 is 3.05. The summed E-state index contributed by atoms with van der Waals surface area (Å²) in [5.41, 5.74) is 0.598. The molecule has 13 heavy (non-hydrogen) atoms. The Bertz CT molecular complexity index is 354. The Morgan fingerprint density at radius 3 is 2.69 bits per heavy atom. The fourth-order valence-electron chi connectivity index (χ4n) is 1.00. The second-order valence-corrected chi connectivity index (χ2v) is 3.18. The van der Waals surface area contributed by atoms with E-state index in [2.05, 4.69) is 15.9 Å². The lowest BCUT2D eigenvalue weighted by Crippen LogP contribution is -1.95. The van der Waals surface area contributed by atoms with E-state index in [4.69, 9.17) is 0 Å². The number of aryl methyl sites for hydroxylation is 1. The van der Waals surface area contributed by atoms with Gasteiger partial charge in [-0.05, 0) is 13.0 Å². The molecule has 0 aromatic heterocycles. The number of nitro groups is 1. The molecule has 0 radical (unpaired) electrons. The first-order valence-electron chi connectivity index (χ1n) is 3.55. The highest BCUT2D eigenvalue weighted by Crippen LogP contribution is 2.23. The number of hydrogen-bond donors (Lipinski definition) is 0. The zero-order valence-electron chi connectivity index (χ0n) is 6.88. The number of rotatable bonds is 2. The number of benzene rings is 1. The number of alkyl halides is 1. The van der Waals surface area contributed by atoms with Crippen molar-refractivity contribution < 1.29 is 9.31 Å². The Morgan fingerprint density at radius 1 is 1.62 bits per heavy atom. The summed E-state index contributed by atoms with van der Waals surface area (Å²) < 4.78 is 13.0. The van der Waals surface area contributed by atoms with E-state index in [9.17, 15) is 14.5 Å². The second kappa shape index (κ2) is 3.83. The fourth-order valence-corrected chi connectivity index (χ4v) is 1.43. The van der Waals surface area contributed by atoms with Crippen molar-refractivity contribution >= 4 is 21.6 Å². The predicted molar refractivity (Wildman–Crippen MR) is 50.4 cm³/mol. The van der Waals surface area contributed by atoms with Crippen LogP contribution in [0.1, 0.15) is 11.1 Å². The van der Waals surface area contributed by atoms with E-state index in [0.717, 1.165) is 0 Å². The molecule has 1 rings (SSSR count). The molecule has 0 bridgehead atoms. The summed E-state index contributed by atoms with van der Waals surface area (Å²) in [4.78, 5) is 9.96. The van der Waals surface area contributed by atoms with E-state index in [1.54, 1.807) is 0 Å². The van der Waals surface area contributed by atoms with Crippen molar-refractivity contribution in [3.63, 3.8) is 0 Å². The SMILES string of the molecule is Cc1cc(F)c(CBr)cc1[N+](=O)[O-]. The van der Waals surface area contributed by atoms with Crippen molar-refractivity contribution in [1.29, 1.82) is 0 Å². The normalized spacial score (nSPS) is 10.1. The van der Waals surface area contributed by atoms with Gasteiger partial charge in [0.25, 0.3) is 5.69 Å². The monoisotopic (exact) mass is 247 g/mol. The highest BCUT2D eigenvalue weighted by molar-refractivity contribution is 9.08. The molecule has 0 aliphatic heterocycles. The first-order valence-corrected chi connectivity index (χ1v) is 4.67. The molecular formula is C8H7BrFNO2. The quantitative estimate of drug-likeness (QED) is 0.458. The molecule has 3 nitrogen and oxygen atoms in total. The summed E-state index contributed by atoms with van der Waals surface area (Å²) in [5.74, 6) is -0.417. The number of nitrogens with zero attached hydrogens (tertiary/aromatic N) is 1. The van der Waals surface area contributed by atoms with E-state index >= 15 is 0 Å². The molecule has 0 amide bonds. The smallest absolute Gasteiger partial charge is 0.258 e. The Hall–Kier alpha value is -0.970. The second-order valence-electron chi connectivity index (χ2n) is 2.62. The van der Waals surface area contributed by atoms with Gasteiger partial charge >= 0.3 is 0 Å². The zero-order chi connectivity index (χ0) is 10.0. The van der Waals surface area contributed by atoms with Crippen molar-refractivity contribution in [2.45, 2.75) is 12.3 Å². The van der Waals surface area contributed by atoms with E-state index < -0.39 is 10.7 Å². The first-order chi connectivity index (χ1) is 6.06. The van der Waals surface area contributed by atoms with Crippen molar-refractivity contribution in [1.82, 2.24) is 0 Å². The zero-order valence-corrected chi connectivity index (χ0v) is 8.47. The highest BCUT2D eigenvalue weighted by atomic mass is 79.9. The maximum absolute atomic E-state index is 13.0. The third-order valence-corrected chi connectivity index (χ3v) is 2.31. The van der Waals surface area contributed by atoms with Gasteiger partial charge in [-0.1, -0.05) is 15.9 Å². The molecule has 0 N–H and O–H groups in total. The Kier molecular flexibility index (Phi) is 2.98. The van der Waals surface area contributed by atoms with Crippen LogP contribution in [0.2, 0.25) is 0 Å². The van der Waals surface area contributed by atoms with E-state index in [1.807, 2.05) is 0 Å². The van der Waals surface area contributed by atoms with Crippen LogP contribution in [0.4, 0.5) is 10.1 Å². The van der Waals surface area contributed by atoms with Crippen LogP contribution in [0.5, 0.6) is 0 Å². The van der Waals surface area contributed by atoms with Crippen LogP contribution in [0.15, 0.2) is 12.1 Å². The molecule has 0 fully saturated rings. The summed E-state index contributed by atoms with van der Waals surface area (Å²) in [6.45, 7) is 1.51. The molecule has 70 valence electrons. The maximum atomic E-state index is 13.0. The van der Waals surface area contributed by atoms with Crippen molar-refractivity contribution in [2.75, 3.05) is 0 Å². The predicted octanol–water partition coefficient (Wildman–Crippen LogP) is 2.94. The highest BCUT2D eigenvalue weighted by Gasteiger charge is 2.14. The Morgan fingerprint density at radius 2 is 2.23 bits per heavy atom. The minimum Gasteiger partial charge on any atom is -0.258 e. The van der Waals surface area contributed by atoms with Gasteiger partial charge in [-0.15, -0.1) is 0 Å². The van der Waals surface area contributed by atoms with Gasteiger partial charge in [0.2, 0.25) is 0 Å². The summed E-state index contributed by atoms with van der Waals surface area (Å²) in [6.07, 6.45) is 0. The molecule has 0 saturated carbocycles. The lowest BCUT2D eigenvalue weighted by atomic mass is 10.1. The van der Waals surface area contributed by atoms with Gasteiger partial charge in [0.05, 0.1) is 4.92 Å². The van der Waals surface area contributed by atoms with Crippen LogP contribution in [-0.2, 0) is 5.33 Å². The summed E-state index contributed by atoms with van der Waals surface area (Å²) in [5, 5.41) is 10.7. The van der Waals surface area contributed by atoms with Crippen LogP contribution >= 0.6 is 15.9 Å². The van der Waals surface area contributed by atoms with Crippen LogP contribution in [-0.4, -0.2) is 4.92 Å². The van der Waals surface area contributed by atoms with Crippen molar-refractivity contribution in [3.05, 3.63) is 39.2 Å². The molecule has 0 aliphatic rings. The molecule has 0 spiro atoms. The van der Waals surface area contributed by atoms with Gasteiger partial charge in [0.15, 0.2) is 0 Å². The number of nitro benzene ring substituents is 1. The van der Waals surface area contributed by atoms with Crippen LogP contribution in [0.25, 0.3) is 0 Å². The van der Waals surface area contributed by atoms with Crippen LogP contribution < -0.4 is 0 Å². The van der Waals surface area contributed by atoms with Gasteiger partial charge in [-0.2, -0.15) is 0 Å². The van der Waals surface area contributed by atoms with Gasteiger partial charge in [-0.3, -0.25) is 10.1 Å². The maximum Gasteiger partial charge on any atom is 0.272 e. The first kappa shape index (κ1) is 10.1. The average molecular weight is 248 g/mol. The van der Waals surface area contributed by atoms with Crippen LogP contribution in [0.3, 0.4) is 0 Å². The minimum absolute atomic E-state index is 0.0455. The average Bonchev–Trinajstić information content (AvgIpc) is 2.03. The van der Waals surface area contributed by atoms with E-state index in [0.29, 0.717) is 11.1 Å². The molecule has 0 unspecified atom stereocenters. The molecule has 0 heterocycles. The van der Waals surface area contributed by atoms with Gasteiger partial charge in [0, 0.05) is 22.5 Å². The Labute approximate surface area is 82.8 Å². The largest absolute Gasteiger partial charge is 0.272 e. The Balaban J connectivity index is 3.30. The van der Waals surface area contributed by atoms with E-state index in [1.165, 1.54) is 19.1 Å². The van der Waals surface area contributed by atoms with Gasteiger partial charge < -0.3 is 0 Å². The lowest BCUT2D eigenvalue weighted by molar-refractivity contribution is -0.385. The molecule has 0 aliphatic carbocycles. The molecule has 0 saturated heterocycles. The minimum atomic E-state index is -0.513. The molecule has 1 aromatic carbocycles. The fraction of sp³-hybridized carbons (Fsp3) is 0.250. The number of halogens is 2. The standard InChI is InChI=1S/C8H7BrFNO2/c1-5-2-7(10)6(4-9)3-8(5)11(12)13/h2-3H,4H2,1H3. The summed E-state index contributed by atoms with van der Waals surface area (Å²) in [7, 11) is 0. The van der Waals surface area contributed by atoms with E-state index in [-0.39, 0.29) is 11.0 Å². The molecule has 0 atom stereocenters. The van der Waals surface area contributed by atoms with Gasteiger partial charge in [-0.25, -0.2) is 4.39 Å². The topological polar surface area (TPSA) is 43.1 Å². The molecule has 1 aromatic rings. The molecular weight excluding hydrogens is 241 g/mol. The van der Waals surface area contributed by atoms with Crippen LogP contribution in [0, 0.1) is 22.9 Å². The molecule has 5 heteroatoms. The summed E-state index contributed by atoms with van der Waals surface area (Å²) in [6, 6.07) is 2.42.